The quantitative estimate of drug-likeness (QED) is 0.374. The van der Waals surface area contributed by atoms with Gasteiger partial charge in [0.1, 0.15) is 17.3 Å². The van der Waals surface area contributed by atoms with E-state index in [0.29, 0.717) is 5.89 Å². The van der Waals surface area contributed by atoms with Crippen molar-refractivity contribution in [3.63, 3.8) is 0 Å². The average Bonchev–Trinajstić information content (AvgIpc) is 3.39. The van der Waals surface area contributed by atoms with Crippen molar-refractivity contribution < 1.29 is 8.81 Å². The fourth-order valence-corrected chi connectivity index (χ4v) is 3.78. The minimum Gasteiger partial charge on any atom is -0.441 e. The van der Waals surface area contributed by atoms with Gasteiger partial charge in [0.25, 0.3) is 0 Å². The van der Waals surface area contributed by atoms with E-state index in [1.54, 1.807) is 29.7 Å². The predicted molar refractivity (Wildman–Crippen MR) is 108 cm³/mol. The highest BCUT2D eigenvalue weighted by Gasteiger charge is 2.15. The molecule has 5 aromatic rings. The third kappa shape index (κ3) is 2.97. The Bertz CT molecular complexity index is 1280. The van der Waals surface area contributed by atoms with Crippen molar-refractivity contribution in [2.24, 2.45) is 0 Å². The number of thiophene rings is 1. The maximum Gasteiger partial charge on any atom is 0.226 e. The van der Waals surface area contributed by atoms with E-state index in [1.165, 1.54) is 12.1 Å². The number of benzene rings is 2. The normalized spacial score (nSPS) is 11.2. The van der Waals surface area contributed by atoms with Crippen LogP contribution in [0.2, 0.25) is 0 Å². The van der Waals surface area contributed by atoms with Gasteiger partial charge in [0.2, 0.25) is 5.89 Å². The number of oxazole rings is 1. The zero-order valence-corrected chi connectivity index (χ0v) is 15.7. The van der Waals surface area contributed by atoms with Crippen molar-refractivity contribution in [3.05, 3.63) is 77.8 Å². The maximum atomic E-state index is 13.4. The molecule has 0 aliphatic rings. The van der Waals surface area contributed by atoms with Gasteiger partial charge < -0.3 is 4.42 Å². The molecule has 0 saturated carbocycles. The topological polar surface area (TPSA) is 51.8 Å². The number of aromatic nitrogens is 3. The smallest absolute Gasteiger partial charge is 0.226 e. The molecule has 0 aliphatic carbocycles. The molecule has 0 amide bonds. The van der Waals surface area contributed by atoms with Gasteiger partial charge in [-0.3, -0.25) is 0 Å². The molecule has 0 radical (unpaired) electrons. The number of halogens is 1. The fraction of sp³-hybridized carbons (Fsp3) is 0.0455. The second kappa shape index (κ2) is 6.65. The summed E-state index contributed by atoms with van der Waals surface area (Å²) < 4.78 is 19.1. The van der Waals surface area contributed by atoms with Crippen LogP contribution in [0.4, 0.5) is 4.39 Å². The van der Waals surface area contributed by atoms with Gasteiger partial charge in [0, 0.05) is 11.1 Å². The molecule has 3 aromatic heterocycles. The van der Waals surface area contributed by atoms with E-state index in [1.807, 2.05) is 42.6 Å². The van der Waals surface area contributed by atoms with Crippen LogP contribution in [0.1, 0.15) is 5.76 Å². The molecule has 6 heteroatoms. The summed E-state index contributed by atoms with van der Waals surface area (Å²) in [5.74, 6) is 1.02. The van der Waals surface area contributed by atoms with Crippen molar-refractivity contribution in [1.29, 1.82) is 0 Å². The van der Waals surface area contributed by atoms with Crippen LogP contribution >= 0.6 is 11.3 Å². The molecule has 3 heterocycles. The van der Waals surface area contributed by atoms with E-state index in [-0.39, 0.29) is 5.82 Å². The zero-order valence-electron chi connectivity index (χ0n) is 14.9. The van der Waals surface area contributed by atoms with Crippen LogP contribution in [0.15, 0.2) is 70.6 Å². The number of fused-ring (bicyclic) bond motifs is 1. The lowest BCUT2D eigenvalue weighted by atomic mass is 10.1. The number of rotatable bonds is 3. The lowest BCUT2D eigenvalue weighted by Crippen LogP contribution is -1.95. The summed E-state index contributed by atoms with van der Waals surface area (Å²) in [7, 11) is 0. The third-order valence-corrected chi connectivity index (χ3v) is 5.28. The van der Waals surface area contributed by atoms with Crippen molar-refractivity contribution in [2.75, 3.05) is 0 Å². The molecule has 0 N–H and O–H groups in total. The van der Waals surface area contributed by atoms with Crippen LogP contribution in [0.25, 0.3) is 44.3 Å². The first-order valence-electron chi connectivity index (χ1n) is 8.72. The van der Waals surface area contributed by atoms with Crippen molar-refractivity contribution in [2.45, 2.75) is 6.92 Å². The van der Waals surface area contributed by atoms with Crippen LogP contribution in [0.5, 0.6) is 0 Å². The Balaban J connectivity index is 1.74. The Kier molecular flexibility index (Phi) is 3.98. The lowest BCUT2D eigenvalue weighted by Gasteiger charge is -2.10. The summed E-state index contributed by atoms with van der Waals surface area (Å²) in [6.07, 6.45) is 1.69. The molecule has 0 bridgehead atoms. The van der Waals surface area contributed by atoms with E-state index in [2.05, 4.69) is 4.98 Å². The summed E-state index contributed by atoms with van der Waals surface area (Å²) in [4.78, 5) is 15.0. The molecule has 4 nitrogen and oxygen atoms in total. The molecule has 0 aliphatic heterocycles. The molecule has 0 unspecified atom stereocenters. The first kappa shape index (κ1) is 16.8. The summed E-state index contributed by atoms with van der Waals surface area (Å²) >= 11 is 1.60. The molecule has 2 aromatic carbocycles. The fourth-order valence-electron chi connectivity index (χ4n) is 3.07. The Morgan fingerprint density at radius 2 is 1.68 bits per heavy atom. The van der Waals surface area contributed by atoms with Crippen LogP contribution in [0.3, 0.4) is 0 Å². The highest BCUT2D eigenvalue weighted by Crippen LogP contribution is 2.34. The standard InChI is InChI=1S/C22H14FN3OS/c1-13-12-24-22(27-13)15-6-9-17-18(11-15)26-20(14-4-7-16(23)8-5-14)21(25-17)19-3-2-10-28-19/h2-12H,1H3. The molecule has 0 fully saturated rings. The van der Waals surface area contributed by atoms with Crippen LogP contribution in [0, 0.1) is 12.7 Å². The third-order valence-electron chi connectivity index (χ3n) is 4.40. The summed E-state index contributed by atoms with van der Waals surface area (Å²) in [5, 5.41) is 2.00. The number of hydrogen-bond acceptors (Lipinski definition) is 5. The first-order valence-corrected chi connectivity index (χ1v) is 9.60. The highest BCUT2D eigenvalue weighted by molar-refractivity contribution is 7.13. The van der Waals surface area contributed by atoms with Gasteiger partial charge in [-0.25, -0.2) is 19.3 Å². The molecule has 0 saturated heterocycles. The van der Waals surface area contributed by atoms with Gasteiger partial charge >= 0.3 is 0 Å². The molecule has 0 spiro atoms. The molecule has 5 rings (SSSR count). The molecule has 28 heavy (non-hydrogen) atoms. The van der Waals surface area contributed by atoms with Crippen LogP contribution in [-0.4, -0.2) is 15.0 Å². The van der Waals surface area contributed by atoms with E-state index in [9.17, 15) is 4.39 Å². The van der Waals surface area contributed by atoms with Gasteiger partial charge in [-0.1, -0.05) is 6.07 Å². The van der Waals surface area contributed by atoms with Gasteiger partial charge in [-0.05, 0) is 60.8 Å². The monoisotopic (exact) mass is 387 g/mol. The highest BCUT2D eigenvalue weighted by atomic mass is 32.1. The minimum atomic E-state index is -0.281. The number of nitrogens with zero attached hydrogens (tertiary/aromatic N) is 3. The second-order valence-corrected chi connectivity index (χ2v) is 7.33. The molecular weight excluding hydrogens is 373 g/mol. The summed E-state index contributed by atoms with van der Waals surface area (Å²) in [5.41, 5.74) is 4.67. The maximum absolute atomic E-state index is 13.4. The Hall–Kier alpha value is -3.38. The van der Waals surface area contributed by atoms with E-state index < -0.39 is 0 Å². The van der Waals surface area contributed by atoms with Gasteiger partial charge in [0.05, 0.1) is 27.8 Å². The average molecular weight is 387 g/mol. The van der Waals surface area contributed by atoms with Crippen molar-refractivity contribution >= 4 is 22.4 Å². The summed E-state index contributed by atoms with van der Waals surface area (Å²) in [6, 6.07) is 16.1. The van der Waals surface area contributed by atoms with E-state index >= 15 is 0 Å². The molecule has 0 atom stereocenters. The van der Waals surface area contributed by atoms with Gasteiger partial charge in [-0.15, -0.1) is 11.3 Å². The second-order valence-electron chi connectivity index (χ2n) is 6.38. The zero-order chi connectivity index (χ0) is 19.1. The van der Waals surface area contributed by atoms with Crippen LogP contribution in [-0.2, 0) is 0 Å². The van der Waals surface area contributed by atoms with E-state index in [0.717, 1.165) is 44.2 Å². The van der Waals surface area contributed by atoms with E-state index in [4.69, 9.17) is 14.4 Å². The number of hydrogen-bond donors (Lipinski definition) is 0. The lowest BCUT2D eigenvalue weighted by molar-refractivity contribution is 0.542. The van der Waals surface area contributed by atoms with Gasteiger partial charge in [0.15, 0.2) is 0 Å². The Morgan fingerprint density at radius 3 is 2.39 bits per heavy atom. The summed E-state index contributed by atoms with van der Waals surface area (Å²) in [6.45, 7) is 1.86. The van der Waals surface area contributed by atoms with Crippen molar-refractivity contribution in [1.82, 2.24) is 15.0 Å². The molecular formula is C22H14FN3OS. The van der Waals surface area contributed by atoms with Crippen molar-refractivity contribution in [3.8, 4) is 33.3 Å². The predicted octanol–water partition coefficient (Wildman–Crippen LogP) is 6.13. The SMILES string of the molecule is Cc1cnc(-c2ccc3nc(-c4cccs4)c(-c4ccc(F)cc4)nc3c2)o1. The first-order chi connectivity index (χ1) is 13.7. The Morgan fingerprint density at radius 1 is 0.893 bits per heavy atom. The molecule has 136 valence electrons. The number of aryl methyl sites for hydroxylation is 1. The minimum absolute atomic E-state index is 0.281. The Labute approximate surface area is 164 Å². The largest absolute Gasteiger partial charge is 0.441 e. The van der Waals surface area contributed by atoms with Crippen LogP contribution < -0.4 is 0 Å². The van der Waals surface area contributed by atoms with Gasteiger partial charge in [-0.2, -0.15) is 0 Å².